The number of alkyl halides is 1. The van der Waals surface area contributed by atoms with Crippen LogP contribution in [0.25, 0.3) is 0 Å². The molecule has 0 heterocycles. The lowest BCUT2D eigenvalue weighted by molar-refractivity contribution is -0.121. The van der Waals surface area contributed by atoms with Gasteiger partial charge in [0.15, 0.2) is 0 Å². The number of aryl methyl sites for hydroxylation is 1. The molecule has 3 nitrogen and oxygen atoms in total. The van der Waals surface area contributed by atoms with Gasteiger partial charge >= 0.3 is 0 Å². The highest BCUT2D eigenvalue weighted by Gasteiger charge is 2.00. The molecule has 0 bridgehead atoms. The standard InChI is InChI=1S/C15H22BrNO2/c16-10-13-19-12-5-11-17-15(18)9-4-8-14-6-2-1-3-7-14/h1-3,6-7H,4-5,8-13H2,(H,17,18). The summed E-state index contributed by atoms with van der Waals surface area (Å²) in [5.74, 6) is 0.136. The molecule has 0 saturated carbocycles. The van der Waals surface area contributed by atoms with Gasteiger partial charge in [-0.05, 0) is 24.8 Å². The molecule has 1 N–H and O–H groups in total. The van der Waals surface area contributed by atoms with Crippen molar-refractivity contribution in [3.63, 3.8) is 0 Å². The molecule has 1 amide bonds. The molecule has 0 radical (unpaired) electrons. The second-order valence-corrected chi connectivity index (χ2v) is 5.14. The van der Waals surface area contributed by atoms with Crippen LogP contribution in [0, 0.1) is 0 Å². The smallest absolute Gasteiger partial charge is 0.220 e. The second kappa shape index (κ2) is 11.0. The Labute approximate surface area is 123 Å². The monoisotopic (exact) mass is 327 g/mol. The molecule has 1 aromatic carbocycles. The molecule has 0 spiro atoms. The quantitative estimate of drug-likeness (QED) is 0.530. The lowest BCUT2D eigenvalue weighted by atomic mass is 10.1. The van der Waals surface area contributed by atoms with E-state index < -0.39 is 0 Å². The van der Waals surface area contributed by atoms with Crippen LogP contribution < -0.4 is 5.32 Å². The predicted octanol–water partition coefficient (Wildman–Crippen LogP) is 2.93. The van der Waals surface area contributed by atoms with Crippen molar-refractivity contribution in [3.8, 4) is 0 Å². The Balaban J connectivity index is 1.96. The van der Waals surface area contributed by atoms with Crippen LogP contribution in [-0.2, 0) is 16.0 Å². The van der Waals surface area contributed by atoms with Gasteiger partial charge in [-0.3, -0.25) is 4.79 Å². The fraction of sp³-hybridized carbons (Fsp3) is 0.533. The number of rotatable bonds is 10. The van der Waals surface area contributed by atoms with Crippen LogP contribution in [0.4, 0.5) is 0 Å². The fourth-order valence-electron chi connectivity index (χ4n) is 1.74. The minimum absolute atomic E-state index is 0.136. The summed E-state index contributed by atoms with van der Waals surface area (Å²) in [5, 5.41) is 3.78. The third kappa shape index (κ3) is 8.78. The predicted molar refractivity (Wildman–Crippen MR) is 81.6 cm³/mol. The van der Waals surface area contributed by atoms with Crippen LogP contribution in [0.3, 0.4) is 0 Å². The average molecular weight is 328 g/mol. The molecule has 0 saturated heterocycles. The second-order valence-electron chi connectivity index (χ2n) is 4.34. The number of nitrogens with one attached hydrogen (secondary N) is 1. The van der Waals surface area contributed by atoms with Gasteiger partial charge in [-0.1, -0.05) is 46.3 Å². The normalized spacial score (nSPS) is 10.4. The van der Waals surface area contributed by atoms with Crippen molar-refractivity contribution >= 4 is 21.8 Å². The summed E-state index contributed by atoms with van der Waals surface area (Å²) in [6, 6.07) is 10.3. The van der Waals surface area contributed by atoms with E-state index in [1.807, 2.05) is 18.2 Å². The van der Waals surface area contributed by atoms with Crippen LogP contribution in [0.15, 0.2) is 30.3 Å². The van der Waals surface area contributed by atoms with Crippen molar-refractivity contribution in [2.24, 2.45) is 0 Å². The Kier molecular flexibility index (Phi) is 9.37. The van der Waals surface area contributed by atoms with Gasteiger partial charge in [-0.15, -0.1) is 0 Å². The molecule has 4 heteroatoms. The molecular formula is C15H22BrNO2. The van der Waals surface area contributed by atoms with Gasteiger partial charge in [0, 0.05) is 24.9 Å². The summed E-state index contributed by atoms with van der Waals surface area (Å²) >= 11 is 3.29. The maximum atomic E-state index is 11.6. The van der Waals surface area contributed by atoms with Crippen molar-refractivity contribution in [1.29, 1.82) is 0 Å². The lowest BCUT2D eigenvalue weighted by Gasteiger charge is -2.05. The Morgan fingerprint density at radius 2 is 1.95 bits per heavy atom. The maximum absolute atomic E-state index is 11.6. The van der Waals surface area contributed by atoms with E-state index in [2.05, 4.69) is 33.4 Å². The number of hydrogen-bond acceptors (Lipinski definition) is 2. The number of amides is 1. The zero-order valence-electron chi connectivity index (χ0n) is 11.2. The van der Waals surface area contributed by atoms with Crippen LogP contribution in [0.2, 0.25) is 0 Å². The van der Waals surface area contributed by atoms with E-state index >= 15 is 0 Å². The highest BCUT2D eigenvalue weighted by molar-refractivity contribution is 9.09. The van der Waals surface area contributed by atoms with Gasteiger partial charge in [0.05, 0.1) is 6.61 Å². The molecule has 0 fully saturated rings. The number of ether oxygens (including phenoxy) is 1. The van der Waals surface area contributed by atoms with Gasteiger partial charge < -0.3 is 10.1 Å². The minimum atomic E-state index is 0.136. The van der Waals surface area contributed by atoms with Gasteiger partial charge in [0.25, 0.3) is 0 Å². The van der Waals surface area contributed by atoms with Crippen molar-refractivity contribution in [1.82, 2.24) is 5.32 Å². The Bertz CT molecular complexity index is 343. The van der Waals surface area contributed by atoms with Gasteiger partial charge in [-0.25, -0.2) is 0 Å². The van der Waals surface area contributed by atoms with Crippen LogP contribution in [-0.4, -0.2) is 31.0 Å². The number of carbonyl (C=O) groups excluding carboxylic acids is 1. The molecule has 0 aliphatic rings. The Morgan fingerprint density at radius 1 is 1.16 bits per heavy atom. The summed E-state index contributed by atoms with van der Waals surface area (Å²) in [7, 11) is 0. The van der Waals surface area contributed by atoms with Crippen LogP contribution in [0.5, 0.6) is 0 Å². The summed E-state index contributed by atoms with van der Waals surface area (Å²) in [6.45, 7) is 2.13. The maximum Gasteiger partial charge on any atom is 0.220 e. The summed E-state index contributed by atoms with van der Waals surface area (Å²) in [6.07, 6.45) is 3.33. The van der Waals surface area contributed by atoms with E-state index in [1.165, 1.54) is 5.56 Å². The summed E-state index contributed by atoms with van der Waals surface area (Å²) in [4.78, 5) is 11.6. The highest BCUT2D eigenvalue weighted by atomic mass is 79.9. The van der Waals surface area contributed by atoms with Crippen molar-refractivity contribution < 1.29 is 9.53 Å². The molecule has 1 rings (SSSR count). The molecule has 0 aliphatic carbocycles. The van der Waals surface area contributed by atoms with Crippen molar-refractivity contribution in [2.45, 2.75) is 25.7 Å². The largest absolute Gasteiger partial charge is 0.381 e. The first-order valence-electron chi connectivity index (χ1n) is 6.77. The van der Waals surface area contributed by atoms with Crippen molar-refractivity contribution in [2.75, 3.05) is 25.1 Å². The zero-order valence-corrected chi connectivity index (χ0v) is 12.8. The number of benzene rings is 1. The van der Waals surface area contributed by atoms with Gasteiger partial charge in [-0.2, -0.15) is 0 Å². The number of carbonyl (C=O) groups is 1. The van der Waals surface area contributed by atoms with Gasteiger partial charge in [0.2, 0.25) is 5.91 Å². The van der Waals surface area contributed by atoms with Crippen LogP contribution >= 0.6 is 15.9 Å². The molecule has 1 aromatic rings. The molecule has 0 aromatic heterocycles. The molecule has 106 valence electrons. The number of halogens is 1. The SMILES string of the molecule is O=C(CCCc1ccccc1)NCCCOCCBr. The highest BCUT2D eigenvalue weighted by Crippen LogP contribution is 2.04. The third-order valence-corrected chi connectivity index (χ3v) is 3.04. The average Bonchev–Trinajstić information content (AvgIpc) is 2.44. The summed E-state index contributed by atoms with van der Waals surface area (Å²) < 4.78 is 5.31. The Morgan fingerprint density at radius 3 is 2.68 bits per heavy atom. The first kappa shape index (κ1) is 16.2. The fourth-order valence-corrected chi connectivity index (χ4v) is 1.97. The molecular weight excluding hydrogens is 306 g/mol. The molecule has 0 aliphatic heterocycles. The van der Waals surface area contributed by atoms with E-state index in [1.54, 1.807) is 0 Å². The molecule has 0 unspecified atom stereocenters. The van der Waals surface area contributed by atoms with E-state index in [-0.39, 0.29) is 5.91 Å². The first-order chi connectivity index (χ1) is 9.33. The minimum Gasteiger partial charge on any atom is -0.381 e. The third-order valence-electron chi connectivity index (χ3n) is 2.72. The van der Waals surface area contributed by atoms with Gasteiger partial charge in [0.1, 0.15) is 0 Å². The van der Waals surface area contributed by atoms with E-state index in [0.717, 1.165) is 31.2 Å². The van der Waals surface area contributed by atoms with E-state index in [4.69, 9.17) is 4.74 Å². The Hall–Kier alpha value is -0.870. The number of hydrogen-bond donors (Lipinski definition) is 1. The van der Waals surface area contributed by atoms with Crippen molar-refractivity contribution in [3.05, 3.63) is 35.9 Å². The van der Waals surface area contributed by atoms with E-state index in [0.29, 0.717) is 19.6 Å². The van der Waals surface area contributed by atoms with Crippen LogP contribution in [0.1, 0.15) is 24.8 Å². The topological polar surface area (TPSA) is 38.3 Å². The molecule has 0 atom stereocenters. The zero-order chi connectivity index (χ0) is 13.8. The van der Waals surface area contributed by atoms with E-state index in [9.17, 15) is 4.79 Å². The summed E-state index contributed by atoms with van der Waals surface area (Å²) in [5.41, 5.74) is 1.29. The first-order valence-corrected chi connectivity index (χ1v) is 7.89. The lowest BCUT2D eigenvalue weighted by Crippen LogP contribution is -2.25. The molecule has 19 heavy (non-hydrogen) atoms.